The van der Waals surface area contributed by atoms with E-state index in [2.05, 4.69) is 4.98 Å². The Labute approximate surface area is 176 Å². The highest BCUT2D eigenvalue weighted by Crippen LogP contribution is 2.35. The number of carbonyl (C=O) groups is 2. The topological polar surface area (TPSA) is 62.7 Å². The molecule has 0 aliphatic carbocycles. The van der Waals surface area contributed by atoms with E-state index < -0.39 is 53.0 Å². The van der Waals surface area contributed by atoms with Gasteiger partial charge < -0.3 is 9.64 Å². The monoisotopic (exact) mass is 426 g/mol. The maximum absolute atomic E-state index is 14.5. The maximum atomic E-state index is 14.5. The SMILES string of the molecule is [2H]C([2H])([2H])N(C(=O)C1Cc2cnccc2N1C(=O)OC(C)(C)C)c1cc(Cl)c(F)cc1F. The van der Waals surface area contributed by atoms with Gasteiger partial charge in [-0.2, -0.15) is 0 Å². The van der Waals surface area contributed by atoms with E-state index in [4.69, 9.17) is 20.5 Å². The predicted octanol–water partition coefficient (Wildman–Crippen LogP) is 4.34. The van der Waals surface area contributed by atoms with Crippen molar-refractivity contribution in [1.82, 2.24) is 4.98 Å². The number of fused-ring (bicyclic) bond motifs is 1. The quantitative estimate of drug-likeness (QED) is 0.670. The highest BCUT2D eigenvalue weighted by atomic mass is 35.5. The molecule has 6 nitrogen and oxygen atoms in total. The second kappa shape index (κ2) is 7.59. The van der Waals surface area contributed by atoms with Crippen LogP contribution in [0.2, 0.25) is 5.02 Å². The number of anilines is 2. The zero-order chi connectivity index (χ0) is 24.0. The lowest BCUT2D eigenvalue weighted by molar-refractivity contribution is -0.119. The minimum atomic E-state index is -3.16. The van der Waals surface area contributed by atoms with E-state index in [9.17, 15) is 18.4 Å². The summed E-state index contributed by atoms with van der Waals surface area (Å²) < 4.78 is 57.0. The molecule has 29 heavy (non-hydrogen) atoms. The molecule has 0 bridgehead atoms. The van der Waals surface area contributed by atoms with Gasteiger partial charge >= 0.3 is 6.09 Å². The van der Waals surface area contributed by atoms with Gasteiger partial charge in [-0.1, -0.05) is 11.6 Å². The normalized spacial score (nSPS) is 17.8. The molecule has 1 aromatic carbocycles. The summed E-state index contributed by atoms with van der Waals surface area (Å²) in [6.45, 7) is 1.74. The standard InChI is InChI=1S/C20H20ClF2N3O3/c1-20(2,3)29-19(28)26-15-5-6-24-10-11(15)7-17(26)18(27)25(4)16-8-12(21)13(22)9-14(16)23/h5-6,8-10,17H,7H2,1-4H3/i4D3. The van der Waals surface area contributed by atoms with Crippen molar-refractivity contribution in [2.45, 2.75) is 38.8 Å². The zero-order valence-electron chi connectivity index (χ0n) is 18.9. The summed E-state index contributed by atoms with van der Waals surface area (Å²) in [7, 11) is 0. The number of rotatable bonds is 2. The smallest absolute Gasteiger partial charge is 0.415 e. The first-order valence-corrected chi connectivity index (χ1v) is 9.02. The molecule has 1 aliphatic rings. The zero-order valence-corrected chi connectivity index (χ0v) is 16.6. The van der Waals surface area contributed by atoms with Crippen molar-refractivity contribution in [3.63, 3.8) is 0 Å². The van der Waals surface area contributed by atoms with Crippen LogP contribution in [0.1, 0.15) is 30.4 Å². The Morgan fingerprint density at radius 2 is 2.07 bits per heavy atom. The molecule has 2 amide bonds. The number of amides is 2. The summed E-state index contributed by atoms with van der Waals surface area (Å²) in [6, 6.07) is 1.23. The number of likely N-dealkylation sites (N-methyl/N-ethyl adjacent to an activating group) is 1. The molecule has 2 aromatic rings. The fraction of sp³-hybridized carbons (Fsp3) is 0.350. The van der Waals surface area contributed by atoms with Gasteiger partial charge in [0.05, 0.1) is 16.4 Å². The molecular weight excluding hydrogens is 404 g/mol. The molecule has 0 saturated carbocycles. The first-order valence-electron chi connectivity index (χ1n) is 10.1. The molecule has 1 aromatic heterocycles. The molecule has 0 spiro atoms. The van der Waals surface area contributed by atoms with E-state index >= 15 is 0 Å². The second-order valence-corrected chi connectivity index (χ2v) is 7.87. The fourth-order valence-corrected chi connectivity index (χ4v) is 3.12. The summed E-state index contributed by atoms with van der Waals surface area (Å²) in [6.07, 6.45) is 1.88. The van der Waals surface area contributed by atoms with Gasteiger partial charge in [0.25, 0.3) is 0 Å². The van der Waals surface area contributed by atoms with Crippen LogP contribution in [-0.2, 0) is 16.0 Å². The minimum Gasteiger partial charge on any atom is -0.443 e. The number of nitrogens with zero attached hydrogens (tertiary/aromatic N) is 3. The van der Waals surface area contributed by atoms with Crippen LogP contribution in [0.25, 0.3) is 0 Å². The molecule has 2 heterocycles. The number of halogens is 3. The van der Waals surface area contributed by atoms with Crippen LogP contribution in [0.15, 0.2) is 30.6 Å². The van der Waals surface area contributed by atoms with Crippen LogP contribution in [0.3, 0.4) is 0 Å². The second-order valence-electron chi connectivity index (χ2n) is 7.47. The third-order valence-electron chi connectivity index (χ3n) is 4.19. The number of pyridine rings is 1. The Morgan fingerprint density at radius 3 is 2.72 bits per heavy atom. The van der Waals surface area contributed by atoms with Crippen LogP contribution < -0.4 is 9.80 Å². The molecule has 0 radical (unpaired) electrons. The lowest BCUT2D eigenvalue weighted by Gasteiger charge is -2.30. The van der Waals surface area contributed by atoms with Crippen LogP contribution in [-0.4, -0.2) is 35.6 Å². The van der Waals surface area contributed by atoms with Crippen LogP contribution in [0.4, 0.5) is 25.0 Å². The van der Waals surface area contributed by atoms with Crippen molar-refractivity contribution in [3.05, 3.63) is 52.8 Å². The van der Waals surface area contributed by atoms with Gasteiger partial charge in [-0.3, -0.25) is 14.7 Å². The molecule has 1 atom stereocenters. The van der Waals surface area contributed by atoms with Crippen LogP contribution in [0.5, 0.6) is 0 Å². The van der Waals surface area contributed by atoms with E-state index in [0.29, 0.717) is 17.3 Å². The lowest BCUT2D eigenvalue weighted by Crippen LogP contribution is -2.50. The number of aromatic nitrogens is 1. The summed E-state index contributed by atoms with van der Waals surface area (Å²) in [4.78, 5) is 31.6. The molecule has 154 valence electrons. The molecule has 0 saturated heterocycles. The van der Waals surface area contributed by atoms with E-state index in [-0.39, 0.29) is 11.3 Å². The Kier molecular flexibility index (Phi) is 4.49. The van der Waals surface area contributed by atoms with Crippen molar-refractivity contribution in [2.24, 2.45) is 0 Å². The molecule has 3 rings (SSSR count). The molecule has 1 unspecified atom stereocenters. The van der Waals surface area contributed by atoms with Gasteiger partial charge in [-0.25, -0.2) is 13.6 Å². The highest BCUT2D eigenvalue weighted by molar-refractivity contribution is 6.31. The Balaban J connectivity index is 2.09. The van der Waals surface area contributed by atoms with E-state index in [1.165, 1.54) is 18.5 Å². The van der Waals surface area contributed by atoms with Gasteiger partial charge in [0.15, 0.2) is 0 Å². The lowest BCUT2D eigenvalue weighted by atomic mass is 10.1. The summed E-state index contributed by atoms with van der Waals surface area (Å²) in [5.41, 5.74) is -0.823. The summed E-state index contributed by atoms with van der Waals surface area (Å²) in [5.74, 6) is -3.52. The number of benzene rings is 1. The first-order chi connectivity index (χ1) is 14.7. The van der Waals surface area contributed by atoms with Crippen LogP contribution in [0, 0.1) is 11.6 Å². The number of hydrogen-bond donors (Lipinski definition) is 0. The molecule has 0 fully saturated rings. The number of hydrogen-bond acceptors (Lipinski definition) is 4. The highest BCUT2D eigenvalue weighted by Gasteiger charge is 2.42. The third-order valence-corrected chi connectivity index (χ3v) is 4.48. The predicted molar refractivity (Wildman–Crippen MR) is 105 cm³/mol. The molecule has 9 heteroatoms. The fourth-order valence-electron chi connectivity index (χ4n) is 2.97. The Hall–Kier alpha value is -2.74. The molecule has 1 aliphatic heterocycles. The average molecular weight is 427 g/mol. The average Bonchev–Trinajstić information content (AvgIpc) is 3.03. The van der Waals surface area contributed by atoms with Crippen molar-refractivity contribution in [3.8, 4) is 0 Å². The van der Waals surface area contributed by atoms with Crippen LogP contribution >= 0.6 is 11.6 Å². The van der Waals surface area contributed by atoms with Crippen molar-refractivity contribution in [1.29, 1.82) is 0 Å². The van der Waals surface area contributed by atoms with E-state index in [0.717, 1.165) is 11.0 Å². The van der Waals surface area contributed by atoms with E-state index in [1.54, 1.807) is 20.8 Å². The van der Waals surface area contributed by atoms with Crippen molar-refractivity contribution < 1.29 is 27.2 Å². The van der Waals surface area contributed by atoms with E-state index in [1.807, 2.05) is 0 Å². The summed E-state index contributed by atoms with van der Waals surface area (Å²) >= 11 is 5.71. The van der Waals surface area contributed by atoms with Crippen molar-refractivity contribution >= 4 is 35.0 Å². The minimum absolute atomic E-state index is 0.0790. The largest absolute Gasteiger partial charge is 0.443 e. The molecule has 0 N–H and O–H groups in total. The van der Waals surface area contributed by atoms with Gasteiger partial charge in [0, 0.05) is 36.0 Å². The number of ether oxygens (including phenoxy) is 1. The van der Waals surface area contributed by atoms with Gasteiger partial charge in [0.1, 0.15) is 23.3 Å². The number of carbonyl (C=O) groups excluding carboxylic acids is 2. The van der Waals surface area contributed by atoms with Gasteiger partial charge in [-0.15, -0.1) is 0 Å². The van der Waals surface area contributed by atoms with Gasteiger partial charge in [0.2, 0.25) is 5.91 Å². The Bertz CT molecular complexity index is 1080. The Morgan fingerprint density at radius 1 is 1.34 bits per heavy atom. The van der Waals surface area contributed by atoms with Crippen molar-refractivity contribution in [2.75, 3.05) is 16.8 Å². The maximum Gasteiger partial charge on any atom is 0.415 e. The first kappa shape index (κ1) is 17.1. The van der Waals surface area contributed by atoms with Gasteiger partial charge in [-0.05, 0) is 38.5 Å². The molecular formula is C20H20ClF2N3O3. The summed E-state index contributed by atoms with van der Waals surface area (Å²) in [5, 5.41) is -0.564. The third kappa shape index (κ3) is 4.17.